The molecule has 1 atom stereocenters. The lowest BCUT2D eigenvalue weighted by Crippen LogP contribution is -2.55. The van der Waals surface area contributed by atoms with Crippen molar-refractivity contribution in [3.63, 3.8) is 0 Å². The number of carbonyl (C=O) groups excluding carboxylic acids is 2. The smallest absolute Gasteiger partial charge is 0.410 e. The van der Waals surface area contributed by atoms with E-state index in [0.29, 0.717) is 45.8 Å². The summed E-state index contributed by atoms with van der Waals surface area (Å²) in [6, 6.07) is 0.226. The van der Waals surface area contributed by atoms with Crippen LogP contribution in [0.5, 0.6) is 0 Å². The van der Waals surface area contributed by atoms with Gasteiger partial charge in [0.2, 0.25) is 5.91 Å². The molecule has 2 aliphatic heterocycles. The average Bonchev–Trinajstić information content (AvgIpc) is 2.52. The second-order valence-corrected chi connectivity index (χ2v) is 7.55. The predicted octanol–water partition coefficient (Wildman–Crippen LogP) is 1.18. The summed E-state index contributed by atoms with van der Waals surface area (Å²) in [7, 11) is 0. The molecule has 2 rings (SSSR count). The highest BCUT2D eigenvalue weighted by Gasteiger charge is 2.30. The maximum Gasteiger partial charge on any atom is 0.410 e. The van der Waals surface area contributed by atoms with Crippen molar-refractivity contribution in [1.29, 1.82) is 0 Å². The molecule has 2 amide bonds. The molecule has 0 aromatic rings. The van der Waals surface area contributed by atoms with Crippen molar-refractivity contribution in [3.05, 3.63) is 0 Å². The van der Waals surface area contributed by atoms with Crippen molar-refractivity contribution < 1.29 is 19.1 Å². The summed E-state index contributed by atoms with van der Waals surface area (Å²) in [6.07, 6.45) is 0.273. The molecule has 0 unspecified atom stereocenters. The lowest BCUT2D eigenvalue weighted by atomic mass is 10.1. The van der Waals surface area contributed by atoms with Gasteiger partial charge < -0.3 is 19.3 Å². The lowest BCUT2D eigenvalue weighted by Gasteiger charge is -2.40. The van der Waals surface area contributed by atoms with Crippen molar-refractivity contribution in [1.82, 2.24) is 14.7 Å². The first-order valence-electron chi connectivity index (χ1n) is 8.84. The molecular formula is C17H31N3O4. The number of ether oxygens (including phenoxy) is 2. The number of nitrogens with zero attached hydrogens (tertiary/aromatic N) is 3. The van der Waals surface area contributed by atoms with Crippen molar-refractivity contribution >= 4 is 12.0 Å². The maximum atomic E-state index is 12.2. The van der Waals surface area contributed by atoms with E-state index in [1.54, 1.807) is 4.90 Å². The molecule has 0 N–H and O–H groups in total. The highest BCUT2D eigenvalue weighted by Crippen LogP contribution is 2.15. The largest absolute Gasteiger partial charge is 0.444 e. The van der Waals surface area contributed by atoms with Gasteiger partial charge in [-0.3, -0.25) is 9.69 Å². The number of morpholine rings is 1. The normalized spacial score (nSPS) is 23.2. The fourth-order valence-electron chi connectivity index (χ4n) is 3.03. The Balaban J connectivity index is 1.75. The zero-order valence-electron chi connectivity index (χ0n) is 15.4. The van der Waals surface area contributed by atoms with E-state index in [9.17, 15) is 9.59 Å². The molecule has 2 saturated heterocycles. The van der Waals surface area contributed by atoms with Crippen LogP contribution in [0.25, 0.3) is 0 Å². The highest BCUT2D eigenvalue weighted by molar-refractivity contribution is 5.76. The van der Waals surface area contributed by atoms with Crippen LogP contribution in [0.4, 0.5) is 4.79 Å². The van der Waals surface area contributed by atoms with Crippen LogP contribution in [0.1, 0.15) is 34.1 Å². The van der Waals surface area contributed by atoms with E-state index in [1.165, 1.54) is 0 Å². The van der Waals surface area contributed by atoms with Gasteiger partial charge in [-0.15, -0.1) is 0 Å². The van der Waals surface area contributed by atoms with E-state index in [0.717, 1.165) is 13.1 Å². The molecule has 7 nitrogen and oxygen atoms in total. The van der Waals surface area contributed by atoms with Gasteiger partial charge in [0.05, 0.1) is 13.2 Å². The molecule has 0 aliphatic carbocycles. The Hall–Kier alpha value is -1.34. The summed E-state index contributed by atoms with van der Waals surface area (Å²) in [5.41, 5.74) is -0.470. The lowest BCUT2D eigenvalue weighted by molar-refractivity contribution is -0.135. The predicted molar refractivity (Wildman–Crippen MR) is 90.9 cm³/mol. The van der Waals surface area contributed by atoms with Crippen LogP contribution in [-0.4, -0.2) is 90.8 Å². The minimum absolute atomic E-state index is 0.195. The van der Waals surface area contributed by atoms with Crippen molar-refractivity contribution in [3.8, 4) is 0 Å². The second-order valence-electron chi connectivity index (χ2n) is 7.55. The van der Waals surface area contributed by atoms with Crippen LogP contribution in [0, 0.1) is 0 Å². The summed E-state index contributed by atoms with van der Waals surface area (Å²) in [6.45, 7) is 13.2. The van der Waals surface area contributed by atoms with Gasteiger partial charge in [0, 0.05) is 51.7 Å². The fourth-order valence-corrected chi connectivity index (χ4v) is 3.03. The Morgan fingerprint density at radius 2 is 1.75 bits per heavy atom. The van der Waals surface area contributed by atoms with E-state index in [1.807, 2.05) is 25.7 Å². The quantitative estimate of drug-likeness (QED) is 0.771. The molecule has 24 heavy (non-hydrogen) atoms. The molecule has 0 radical (unpaired) electrons. The van der Waals surface area contributed by atoms with Gasteiger partial charge in [-0.25, -0.2) is 4.79 Å². The number of carbonyl (C=O) groups is 2. The Bertz CT molecular complexity index is 444. The molecule has 2 fully saturated rings. The van der Waals surface area contributed by atoms with Crippen LogP contribution < -0.4 is 0 Å². The van der Waals surface area contributed by atoms with Crippen LogP contribution in [0.3, 0.4) is 0 Å². The number of hydrogen-bond donors (Lipinski definition) is 0. The molecule has 138 valence electrons. The third kappa shape index (κ3) is 5.63. The fraction of sp³-hybridized carbons (Fsp3) is 0.882. The van der Waals surface area contributed by atoms with E-state index in [4.69, 9.17) is 9.47 Å². The van der Waals surface area contributed by atoms with Crippen molar-refractivity contribution in [2.45, 2.75) is 45.8 Å². The number of amides is 2. The third-order valence-corrected chi connectivity index (χ3v) is 4.39. The minimum Gasteiger partial charge on any atom is -0.444 e. The number of hydrogen-bond acceptors (Lipinski definition) is 5. The van der Waals surface area contributed by atoms with Gasteiger partial charge in [-0.2, -0.15) is 0 Å². The molecule has 0 aromatic carbocycles. The summed E-state index contributed by atoms with van der Waals surface area (Å²) in [5, 5.41) is 0. The van der Waals surface area contributed by atoms with Crippen LogP contribution in [0.2, 0.25) is 0 Å². The van der Waals surface area contributed by atoms with E-state index in [-0.39, 0.29) is 18.0 Å². The Morgan fingerprint density at radius 1 is 1.08 bits per heavy atom. The summed E-state index contributed by atoms with van der Waals surface area (Å²) < 4.78 is 10.7. The maximum absolute atomic E-state index is 12.2. The van der Waals surface area contributed by atoms with Crippen molar-refractivity contribution in [2.75, 3.05) is 52.5 Å². The average molecular weight is 341 g/mol. The van der Waals surface area contributed by atoms with Crippen LogP contribution in [0.15, 0.2) is 0 Å². The van der Waals surface area contributed by atoms with Crippen LogP contribution >= 0.6 is 0 Å². The first-order valence-corrected chi connectivity index (χ1v) is 8.84. The highest BCUT2D eigenvalue weighted by atomic mass is 16.6. The summed E-state index contributed by atoms with van der Waals surface area (Å²) in [4.78, 5) is 30.3. The monoisotopic (exact) mass is 341 g/mol. The molecule has 0 spiro atoms. The van der Waals surface area contributed by atoms with Gasteiger partial charge in [-0.05, 0) is 27.7 Å². The van der Waals surface area contributed by atoms with Crippen LogP contribution in [-0.2, 0) is 14.3 Å². The first kappa shape index (κ1) is 19.0. The second kappa shape index (κ2) is 8.16. The van der Waals surface area contributed by atoms with E-state index >= 15 is 0 Å². The summed E-state index contributed by atoms with van der Waals surface area (Å²) in [5.74, 6) is 0.195. The van der Waals surface area contributed by atoms with Gasteiger partial charge in [0.25, 0.3) is 0 Å². The molecular weight excluding hydrogens is 310 g/mol. The van der Waals surface area contributed by atoms with Gasteiger partial charge >= 0.3 is 6.09 Å². The van der Waals surface area contributed by atoms with E-state index in [2.05, 4.69) is 11.8 Å². The summed E-state index contributed by atoms with van der Waals surface area (Å²) >= 11 is 0. The zero-order chi connectivity index (χ0) is 17.7. The number of piperazine rings is 1. The van der Waals surface area contributed by atoms with Gasteiger partial charge in [-0.1, -0.05) is 0 Å². The topological polar surface area (TPSA) is 62.3 Å². The molecule has 0 aromatic heterocycles. The third-order valence-electron chi connectivity index (χ3n) is 4.39. The zero-order valence-corrected chi connectivity index (χ0v) is 15.4. The molecule has 7 heteroatoms. The number of rotatable bonds is 3. The molecule has 0 saturated carbocycles. The molecule has 2 aliphatic rings. The SMILES string of the molecule is C[C@@H]1CN(C(=O)OC(C)(C)C)CCN1CCC(=O)N1CCOCC1. The standard InChI is InChI=1S/C17H31N3O4/c1-14-13-20(16(22)24-17(2,3)4)8-7-18(14)6-5-15(21)19-9-11-23-12-10-19/h14H,5-13H2,1-4H3/t14-/m1/s1. The van der Waals surface area contributed by atoms with Gasteiger partial charge in [0.15, 0.2) is 0 Å². The Morgan fingerprint density at radius 3 is 2.33 bits per heavy atom. The Kier molecular flexibility index (Phi) is 6.46. The van der Waals surface area contributed by atoms with E-state index < -0.39 is 5.60 Å². The van der Waals surface area contributed by atoms with Gasteiger partial charge in [0.1, 0.15) is 5.60 Å². The minimum atomic E-state index is -0.470. The Labute approximate surface area is 144 Å². The molecule has 2 heterocycles. The van der Waals surface area contributed by atoms with Crippen molar-refractivity contribution in [2.24, 2.45) is 0 Å². The first-order chi connectivity index (χ1) is 11.3. The molecule has 0 bridgehead atoms.